The average Bonchev–Trinajstić information content (AvgIpc) is 2.88. The monoisotopic (exact) mass is 246 g/mol. The lowest BCUT2D eigenvalue weighted by molar-refractivity contribution is -0.384. The molecular formula is C9H6N6O3. The normalized spacial score (nSPS) is 9.72. The number of pyridine rings is 1. The number of aromatic nitrogens is 3. The molecule has 0 saturated carbocycles. The summed E-state index contributed by atoms with van der Waals surface area (Å²) in [6, 6.07) is 3.01. The molecule has 18 heavy (non-hydrogen) atoms. The van der Waals surface area contributed by atoms with Crippen LogP contribution < -0.4 is 5.32 Å². The Hall–Kier alpha value is -3.02. The van der Waals surface area contributed by atoms with Crippen molar-refractivity contribution in [3.63, 3.8) is 0 Å². The average molecular weight is 246 g/mol. The highest BCUT2D eigenvalue weighted by Crippen LogP contribution is 2.25. The van der Waals surface area contributed by atoms with Crippen molar-refractivity contribution in [1.82, 2.24) is 15.1 Å². The van der Waals surface area contributed by atoms with Gasteiger partial charge in [0, 0.05) is 6.20 Å². The molecule has 0 radical (unpaired) electrons. The molecule has 0 aromatic carbocycles. The number of hydrogen-bond acceptors (Lipinski definition) is 8. The lowest BCUT2D eigenvalue weighted by Crippen LogP contribution is -2.06. The lowest BCUT2D eigenvalue weighted by atomic mass is 10.2. The molecule has 1 N–H and O–H groups in total. The first-order valence-corrected chi connectivity index (χ1v) is 4.75. The van der Waals surface area contributed by atoms with E-state index in [4.69, 9.17) is 5.26 Å². The predicted molar refractivity (Wildman–Crippen MR) is 57.2 cm³/mol. The number of nitrogens with one attached hydrogen (secondary N) is 1. The van der Waals surface area contributed by atoms with Gasteiger partial charge in [0.1, 0.15) is 11.6 Å². The number of nitrogens with zero attached hydrogens (tertiary/aromatic N) is 5. The van der Waals surface area contributed by atoms with Crippen molar-refractivity contribution in [1.29, 1.82) is 5.26 Å². The summed E-state index contributed by atoms with van der Waals surface area (Å²) in [6.45, 7) is 0.110. The second-order valence-electron chi connectivity index (χ2n) is 3.13. The van der Waals surface area contributed by atoms with Crippen LogP contribution in [0.5, 0.6) is 0 Å². The minimum atomic E-state index is -0.663. The van der Waals surface area contributed by atoms with Crippen molar-refractivity contribution in [2.45, 2.75) is 6.54 Å². The first-order valence-electron chi connectivity index (χ1n) is 4.75. The molecular weight excluding hydrogens is 240 g/mol. The van der Waals surface area contributed by atoms with Gasteiger partial charge in [0.05, 0.1) is 11.5 Å². The van der Waals surface area contributed by atoms with E-state index in [-0.39, 0.29) is 23.6 Å². The number of nitriles is 1. The van der Waals surface area contributed by atoms with Crippen LogP contribution in [0.3, 0.4) is 0 Å². The lowest BCUT2D eigenvalue weighted by Gasteiger charge is -2.03. The molecule has 9 nitrogen and oxygen atoms in total. The van der Waals surface area contributed by atoms with E-state index >= 15 is 0 Å². The number of hydrogen-bond donors (Lipinski definition) is 1. The summed E-state index contributed by atoms with van der Waals surface area (Å²) in [4.78, 5) is 17.8. The van der Waals surface area contributed by atoms with Gasteiger partial charge in [-0.15, -0.1) is 0 Å². The van der Waals surface area contributed by atoms with E-state index in [0.717, 1.165) is 6.39 Å². The summed E-state index contributed by atoms with van der Waals surface area (Å²) in [7, 11) is 0. The molecule has 0 saturated heterocycles. The van der Waals surface area contributed by atoms with Gasteiger partial charge in [-0.1, -0.05) is 5.16 Å². The van der Waals surface area contributed by atoms with E-state index in [9.17, 15) is 10.1 Å². The highest BCUT2D eigenvalue weighted by atomic mass is 16.6. The summed E-state index contributed by atoms with van der Waals surface area (Å²) in [5, 5.41) is 25.9. The summed E-state index contributed by atoms with van der Waals surface area (Å²) in [5.41, 5.74) is -0.436. The third-order valence-electron chi connectivity index (χ3n) is 2.05. The molecule has 2 aromatic rings. The van der Waals surface area contributed by atoms with Gasteiger partial charge in [-0.3, -0.25) is 10.1 Å². The molecule has 0 aliphatic rings. The number of nitro groups is 1. The first-order chi connectivity index (χ1) is 8.72. The van der Waals surface area contributed by atoms with Crippen LogP contribution in [0, 0.1) is 21.4 Å². The molecule has 2 heterocycles. The minimum Gasteiger partial charge on any atom is -0.357 e. The zero-order valence-electron chi connectivity index (χ0n) is 8.90. The van der Waals surface area contributed by atoms with E-state index in [2.05, 4.69) is 25.0 Å². The second kappa shape index (κ2) is 4.88. The standard InChI is InChI=1S/C9H6N6O3/c10-3-6-1-2-11-9(8(6)15(16)17)12-4-7-13-5-18-14-7/h1-2,5H,4H2,(H,11,12). The van der Waals surface area contributed by atoms with E-state index in [1.165, 1.54) is 12.3 Å². The van der Waals surface area contributed by atoms with Gasteiger partial charge in [-0.05, 0) is 6.07 Å². The highest BCUT2D eigenvalue weighted by molar-refractivity contribution is 5.63. The molecule has 0 spiro atoms. The molecule has 0 aliphatic heterocycles. The summed E-state index contributed by atoms with van der Waals surface area (Å²) >= 11 is 0. The Morgan fingerprint density at radius 1 is 1.56 bits per heavy atom. The van der Waals surface area contributed by atoms with Crippen LogP contribution >= 0.6 is 0 Å². The molecule has 0 aliphatic carbocycles. The summed E-state index contributed by atoms with van der Waals surface area (Å²) in [6.07, 6.45) is 2.45. The highest BCUT2D eigenvalue weighted by Gasteiger charge is 2.21. The van der Waals surface area contributed by atoms with Gasteiger partial charge in [0.15, 0.2) is 5.82 Å². The smallest absolute Gasteiger partial charge is 0.328 e. The molecule has 0 amide bonds. The fourth-order valence-corrected chi connectivity index (χ4v) is 1.29. The maximum atomic E-state index is 10.9. The Morgan fingerprint density at radius 2 is 2.39 bits per heavy atom. The van der Waals surface area contributed by atoms with Crippen LogP contribution in [0.25, 0.3) is 0 Å². The fraction of sp³-hybridized carbons (Fsp3) is 0.111. The topological polar surface area (TPSA) is 131 Å². The van der Waals surface area contributed by atoms with Crippen molar-refractivity contribution < 1.29 is 9.45 Å². The molecule has 0 unspecified atom stereocenters. The third kappa shape index (κ3) is 2.22. The van der Waals surface area contributed by atoms with Gasteiger partial charge < -0.3 is 9.84 Å². The molecule has 0 atom stereocenters. The first kappa shape index (κ1) is 11.5. The predicted octanol–water partition coefficient (Wildman–Crippen LogP) is 0.857. The van der Waals surface area contributed by atoms with E-state index in [1.807, 2.05) is 0 Å². The van der Waals surface area contributed by atoms with Crippen LogP contribution in [-0.4, -0.2) is 20.0 Å². The van der Waals surface area contributed by atoms with Crippen LogP contribution in [0.2, 0.25) is 0 Å². The molecule has 2 aromatic heterocycles. The van der Waals surface area contributed by atoms with Crippen molar-refractivity contribution in [2.24, 2.45) is 0 Å². The van der Waals surface area contributed by atoms with Gasteiger partial charge in [-0.2, -0.15) is 10.2 Å². The van der Waals surface area contributed by atoms with Crippen LogP contribution in [0.15, 0.2) is 23.2 Å². The largest absolute Gasteiger partial charge is 0.357 e. The molecule has 0 bridgehead atoms. The van der Waals surface area contributed by atoms with Gasteiger partial charge >= 0.3 is 5.69 Å². The zero-order chi connectivity index (χ0) is 13.0. The summed E-state index contributed by atoms with van der Waals surface area (Å²) < 4.78 is 4.52. The summed E-state index contributed by atoms with van der Waals surface area (Å²) in [5.74, 6) is 0.317. The van der Waals surface area contributed by atoms with Crippen LogP contribution in [0.1, 0.15) is 11.4 Å². The SMILES string of the molecule is N#Cc1ccnc(NCc2ncon2)c1[N+](=O)[O-]. The molecule has 9 heteroatoms. The Morgan fingerprint density at radius 3 is 3.00 bits per heavy atom. The molecule has 2 rings (SSSR count). The van der Waals surface area contributed by atoms with E-state index < -0.39 is 4.92 Å². The minimum absolute atomic E-state index is 0.0103. The van der Waals surface area contributed by atoms with Crippen molar-refractivity contribution in [3.05, 3.63) is 40.2 Å². The van der Waals surface area contributed by atoms with Gasteiger partial charge in [-0.25, -0.2) is 4.98 Å². The number of rotatable bonds is 4. The Bertz CT molecular complexity index is 603. The Balaban J connectivity index is 2.27. The maximum Gasteiger partial charge on any atom is 0.328 e. The van der Waals surface area contributed by atoms with Crippen molar-refractivity contribution in [3.8, 4) is 6.07 Å². The van der Waals surface area contributed by atoms with E-state index in [1.54, 1.807) is 6.07 Å². The van der Waals surface area contributed by atoms with Gasteiger partial charge in [0.25, 0.3) is 0 Å². The zero-order valence-corrected chi connectivity index (χ0v) is 8.90. The second-order valence-corrected chi connectivity index (χ2v) is 3.13. The van der Waals surface area contributed by atoms with E-state index in [0.29, 0.717) is 5.82 Å². The van der Waals surface area contributed by atoms with Crippen molar-refractivity contribution >= 4 is 11.5 Å². The van der Waals surface area contributed by atoms with Gasteiger partial charge in [0.2, 0.25) is 12.2 Å². The molecule has 90 valence electrons. The number of anilines is 1. The quantitative estimate of drug-likeness (QED) is 0.620. The fourth-order valence-electron chi connectivity index (χ4n) is 1.29. The third-order valence-corrected chi connectivity index (χ3v) is 2.05. The maximum absolute atomic E-state index is 10.9. The molecule has 0 fully saturated rings. The van der Waals surface area contributed by atoms with Crippen LogP contribution in [0.4, 0.5) is 11.5 Å². The van der Waals surface area contributed by atoms with Crippen molar-refractivity contribution in [2.75, 3.05) is 5.32 Å². The Kier molecular flexibility index (Phi) is 3.11. The van der Waals surface area contributed by atoms with Crippen LogP contribution in [-0.2, 0) is 6.54 Å². The Labute approximate surface area is 100 Å².